The van der Waals surface area contributed by atoms with Crippen LogP contribution < -0.4 is 25.8 Å². The average molecular weight is 653 g/mol. The van der Waals surface area contributed by atoms with Gasteiger partial charge in [-0.3, -0.25) is 4.90 Å². The standard InChI is InChI=1S/C30H26F6N4O6/c1-28(2)24(40-26(42)39(27(43)46-40)21-12-7-10-19(15-21)30(34,35)36)38(20-11-6-9-18(14-20)29(31,32)33)25(41)37(28)16-17-8-5-13-22(44-3)23(17)45-4/h5-15,24H,16H2,1-4H3/t24-/m0/s1. The minimum Gasteiger partial charge on any atom is -0.493 e. The van der Waals surface area contributed by atoms with Crippen LogP contribution in [0.5, 0.6) is 11.5 Å². The first-order valence-corrected chi connectivity index (χ1v) is 13.5. The molecule has 0 saturated carbocycles. The highest BCUT2D eigenvalue weighted by Gasteiger charge is 2.55. The largest absolute Gasteiger partial charge is 0.493 e. The van der Waals surface area contributed by atoms with Crippen LogP contribution in [0.1, 0.15) is 36.7 Å². The van der Waals surface area contributed by atoms with Crippen molar-refractivity contribution >= 4 is 11.7 Å². The van der Waals surface area contributed by atoms with Crippen molar-refractivity contribution in [2.24, 2.45) is 0 Å². The third-order valence-electron chi connectivity index (χ3n) is 7.67. The molecule has 0 bridgehead atoms. The van der Waals surface area contributed by atoms with Crippen LogP contribution in [0.2, 0.25) is 0 Å². The number of halogens is 6. The summed E-state index contributed by atoms with van der Waals surface area (Å²) in [4.78, 5) is 43.1. The van der Waals surface area contributed by atoms with Gasteiger partial charge in [-0.1, -0.05) is 24.3 Å². The maximum absolute atomic E-state index is 14.2. The van der Waals surface area contributed by atoms with Gasteiger partial charge in [0, 0.05) is 11.3 Å². The fraction of sp³-hybridized carbons (Fsp3) is 0.300. The molecule has 2 amide bonds. The number of carbonyl (C=O) groups excluding carboxylic acids is 1. The topological polar surface area (TPSA) is 99.1 Å². The van der Waals surface area contributed by atoms with Crippen molar-refractivity contribution in [2.75, 3.05) is 19.1 Å². The molecule has 0 spiro atoms. The third kappa shape index (κ3) is 5.47. The van der Waals surface area contributed by atoms with Crippen LogP contribution in [-0.4, -0.2) is 40.0 Å². The van der Waals surface area contributed by atoms with Gasteiger partial charge in [0.25, 0.3) is 0 Å². The molecule has 0 radical (unpaired) electrons. The van der Waals surface area contributed by atoms with Crippen molar-refractivity contribution in [1.82, 2.24) is 14.2 Å². The van der Waals surface area contributed by atoms with E-state index in [1.807, 2.05) is 0 Å². The Kier molecular flexibility index (Phi) is 7.95. The number of methoxy groups -OCH3 is 2. The first-order chi connectivity index (χ1) is 21.5. The van der Waals surface area contributed by atoms with E-state index in [0.717, 1.165) is 35.2 Å². The number of hydrogen-bond donors (Lipinski definition) is 0. The molecule has 5 rings (SSSR count). The Bertz CT molecular complexity index is 1910. The lowest BCUT2D eigenvalue weighted by atomic mass is 9.99. The number of para-hydroxylation sites is 1. The number of amides is 2. The van der Waals surface area contributed by atoms with Gasteiger partial charge in [-0.25, -0.2) is 14.4 Å². The Labute approximate surface area is 256 Å². The van der Waals surface area contributed by atoms with Gasteiger partial charge in [0.1, 0.15) is 0 Å². The molecule has 4 aromatic rings. The lowest BCUT2D eigenvalue weighted by Gasteiger charge is -2.34. The highest BCUT2D eigenvalue weighted by atomic mass is 19.4. The summed E-state index contributed by atoms with van der Waals surface area (Å²) in [5.41, 5.74) is -5.37. The van der Waals surface area contributed by atoms with Gasteiger partial charge in [-0.05, 0) is 56.3 Å². The number of ether oxygens (including phenoxy) is 2. The molecule has 1 aliphatic heterocycles. The second-order valence-electron chi connectivity index (χ2n) is 10.8. The number of rotatable bonds is 7. The number of anilines is 1. The Morgan fingerprint density at radius 3 is 1.93 bits per heavy atom. The van der Waals surface area contributed by atoms with Gasteiger partial charge in [0.05, 0.1) is 43.1 Å². The molecule has 0 N–H and O–H groups in total. The van der Waals surface area contributed by atoms with E-state index >= 15 is 0 Å². The van der Waals surface area contributed by atoms with Crippen LogP contribution in [0.15, 0.2) is 80.8 Å². The van der Waals surface area contributed by atoms with Crippen molar-refractivity contribution < 1.29 is 45.1 Å². The molecule has 2 heterocycles. The third-order valence-corrected chi connectivity index (χ3v) is 7.67. The molecule has 16 heteroatoms. The van der Waals surface area contributed by atoms with Crippen LogP contribution in [0.25, 0.3) is 5.69 Å². The summed E-state index contributed by atoms with van der Waals surface area (Å²) in [5, 5.41) is 0. The Morgan fingerprint density at radius 1 is 0.804 bits per heavy atom. The van der Waals surface area contributed by atoms with Gasteiger partial charge in [-0.2, -0.15) is 30.9 Å². The van der Waals surface area contributed by atoms with Crippen molar-refractivity contribution in [2.45, 2.75) is 44.4 Å². The highest BCUT2D eigenvalue weighted by Crippen LogP contribution is 2.45. The lowest BCUT2D eigenvalue weighted by Crippen LogP contribution is -2.46. The number of hydrogen-bond acceptors (Lipinski definition) is 6. The molecule has 0 aliphatic carbocycles. The SMILES string of the molecule is COc1cccc(CN2C(=O)N(c3cccc(C(F)(F)F)c3)[C@@H](n3oc(=O)n(-c4cccc(C(F)(F)F)c4)c3=O)C2(C)C)c1OC. The van der Waals surface area contributed by atoms with Crippen molar-refractivity contribution in [1.29, 1.82) is 0 Å². The maximum Gasteiger partial charge on any atom is 0.447 e. The highest BCUT2D eigenvalue weighted by molar-refractivity contribution is 5.95. The van der Waals surface area contributed by atoms with E-state index in [4.69, 9.17) is 14.0 Å². The van der Waals surface area contributed by atoms with Crippen molar-refractivity contribution in [3.63, 3.8) is 0 Å². The summed E-state index contributed by atoms with van der Waals surface area (Å²) in [5.74, 6) is -0.789. The van der Waals surface area contributed by atoms with E-state index in [-0.39, 0.29) is 18.0 Å². The molecule has 0 unspecified atom stereocenters. The summed E-state index contributed by atoms with van der Waals surface area (Å²) in [6.45, 7) is 2.78. The molecule has 10 nitrogen and oxygen atoms in total. The van der Waals surface area contributed by atoms with Gasteiger partial charge in [-0.15, -0.1) is 4.74 Å². The zero-order chi connectivity index (χ0) is 33.8. The second kappa shape index (κ2) is 11.3. The molecule has 244 valence electrons. The van der Waals surface area contributed by atoms with Crippen LogP contribution in [0.4, 0.5) is 36.8 Å². The van der Waals surface area contributed by atoms with Gasteiger partial charge in [0.15, 0.2) is 17.7 Å². The fourth-order valence-corrected chi connectivity index (χ4v) is 5.46. The lowest BCUT2D eigenvalue weighted by molar-refractivity contribution is -0.138. The minimum atomic E-state index is -4.80. The first kappa shape index (κ1) is 32.2. The number of aromatic nitrogens is 2. The molecule has 1 fully saturated rings. The quantitative estimate of drug-likeness (QED) is 0.225. The summed E-state index contributed by atoms with van der Waals surface area (Å²) in [7, 11) is 2.78. The number of benzene rings is 3. The van der Waals surface area contributed by atoms with Crippen molar-refractivity contribution in [3.8, 4) is 17.2 Å². The first-order valence-electron chi connectivity index (χ1n) is 13.5. The molecule has 1 saturated heterocycles. The number of alkyl halides is 6. The monoisotopic (exact) mass is 652 g/mol. The molecule has 1 atom stereocenters. The summed E-state index contributed by atoms with van der Waals surface area (Å²) in [6.07, 6.45) is -11.2. The van der Waals surface area contributed by atoms with Gasteiger partial charge >= 0.3 is 29.8 Å². The fourth-order valence-electron chi connectivity index (χ4n) is 5.46. The number of carbonyl (C=O) groups is 1. The summed E-state index contributed by atoms with van der Waals surface area (Å²) < 4.78 is 98.3. The van der Waals surface area contributed by atoms with Crippen LogP contribution in [-0.2, 0) is 18.9 Å². The molecule has 3 aromatic carbocycles. The number of urea groups is 1. The predicted molar refractivity (Wildman–Crippen MR) is 151 cm³/mol. The smallest absolute Gasteiger partial charge is 0.447 e. The van der Waals surface area contributed by atoms with E-state index in [1.165, 1.54) is 39.0 Å². The van der Waals surface area contributed by atoms with E-state index in [1.54, 1.807) is 18.2 Å². The summed E-state index contributed by atoms with van der Waals surface area (Å²) in [6, 6.07) is 11.1. The second-order valence-corrected chi connectivity index (χ2v) is 10.8. The van der Waals surface area contributed by atoms with Crippen LogP contribution >= 0.6 is 0 Å². The molecular formula is C30H26F6N4O6. The average Bonchev–Trinajstić information content (AvgIpc) is 3.39. The van der Waals surface area contributed by atoms with Gasteiger partial charge < -0.3 is 18.9 Å². The molecule has 1 aromatic heterocycles. The normalized spacial score (nSPS) is 16.7. The van der Waals surface area contributed by atoms with E-state index in [0.29, 0.717) is 32.8 Å². The molecular weight excluding hydrogens is 626 g/mol. The Hall–Kier alpha value is -5.15. The molecule has 46 heavy (non-hydrogen) atoms. The number of nitrogens with zero attached hydrogens (tertiary/aromatic N) is 4. The zero-order valence-electron chi connectivity index (χ0n) is 24.6. The predicted octanol–water partition coefficient (Wildman–Crippen LogP) is 6.07. The van der Waals surface area contributed by atoms with E-state index in [9.17, 15) is 40.7 Å². The zero-order valence-corrected chi connectivity index (χ0v) is 24.6. The minimum absolute atomic E-state index is 0.203. The Morgan fingerprint density at radius 2 is 1.37 bits per heavy atom. The summed E-state index contributed by atoms with van der Waals surface area (Å²) >= 11 is 0. The van der Waals surface area contributed by atoms with E-state index < -0.39 is 58.3 Å². The molecule has 1 aliphatic rings. The van der Waals surface area contributed by atoms with Gasteiger partial charge in [0.2, 0.25) is 0 Å². The van der Waals surface area contributed by atoms with E-state index in [2.05, 4.69) is 0 Å². The van der Waals surface area contributed by atoms with Crippen molar-refractivity contribution in [3.05, 3.63) is 104 Å². The van der Waals surface area contributed by atoms with Crippen LogP contribution in [0.3, 0.4) is 0 Å². The maximum atomic E-state index is 14.2. The Balaban J connectivity index is 1.71. The van der Waals surface area contributed by atoms with Crippen LogP contribution in [0, 0.1) is 0 Å².